The largest absolute Gasteiger partial charge is 0.332 e. The minimum Gasteiger partial charge on any atom is -0.332 e. The molecule has 34 heavy (non-hydrogen) atoms. The molecule has 1 aliphatic rings. The fourth-order valence-corrected chi connectivity index (χ4v) is 5.87. The summed E-state index contributed by atoms with van der Waals surface area (Å²) in [5.41, 5.74) is 0. The maximum atomic E-state index is 2.62. The molecule has 3 heteroatoms. The summed E-state index contributed by atoms with van der Waals surface area (Å²) in [5.74, 6) is 0. The van der Waals surface area contributed by atoms with Gasteiger partial charge < -0.3 is 14.7 Å². The van der Waals surface area contributed by atoms with Gasteiger partial charge >= 0.3 is 0 Å². The van der Waals surface area contributed by atoms with Crippen LogP contribution in [0.4, 0.5) is 0 Å². The van der Waals surface area contributed by atoms with E-state index in [1.54, 1.807) is 0 Å². The van der Waals surface area contributed by atoms with E-state index in [1.807, 2.05) is 4.90 Å². The zero-order chi connectivity index (χ0) is 24.7. The van der Waals surface area contributed by atoms with Crippen LogP contribution in [0.2, 0.25) is 0 Å². The fraction of sp³-hybridized carbons (Fsp3) is 1.00. The second kappa shape index (κ2) is 23.3. The summed E-state index contributed by atoms with van der Waals surface area (Å²) in [5, 5.41) is 0. The van der Waals surface area contributed by atoms with E-state index in [1.165, 1.54) is 168 Å². The van der Waals surface area contributed by atoms with Gasteiger partial charge in [-0.3, -0.25) is 0 Å². The van der Waals surface area contributed by atoms with Crippen molar-refractivity contribution in [1.29, 1.82) is 0 Å². The molecule has 0 saturated carbocycles. The highest BCUT2D eigenvalue weighted by atomic mass is 15.2. The van der Waals surface area contributed by atoms with Crippen LogP contribution in [0.25, 0.3) is 0 Å². The Morgan fingerprint density at radius 1 is 0.588 bits per heavy atom. The number of hydrogen-bond donors (Lipinski definition) is 1. The van der Waals surface area contributed by atoms with Crippen LogP contribution in [0, 0.1) is 0 Å². The minimum atomic E-state index is 0.921. The number of piperidine rings is 1. The lowest BCUT2D eigenvalue weighted by atomic mass is 9.98. The summed E-state index contributed by atoms with van der Waals surface area (Å²) in [6.07, 6.45) is 30.5. The van der Waals surface area contributed by atoms with Gasteiger partial charge in [-0.15, -0.1) is 0 Å². The summed E-state index contributed by atoms with van der Waals surface area (Å²) in [6, 6.07) is 0.921. The monoisotopic (exact) mass is 481 g/mol. The highest BCUT2D eigenvalue weighted by Gasteiger charge is 2.25. The molecule has 2 unspecified atom stereocenters. The van der Waals surface area contributed by atoms with Crippen LogP contribution in [0.3, 0.4) is 0 Å². The van der Waals surface area contributed by atoms with Crippen LogP contribution in [0.5, 0.6) is 0 Å². The summed E-state index contributed by atoms with van der Waals surface area (Å²) < 4.78 is 0. The summed E-state index contributed by atoms with van der Waals surface area (Å²) in [7, 11) is 6.77. The van der Waals surface area contributed by atoms with E-state index >= 15 is 0 Å². The van der Waals surface area contributed by atoms with Gasteiger partial charge in [-0.05, 0) is 53.4 Å². The molecule has 1 fully saturated rings. The third-order valence-corrected chi connectivity index (χ3v) is 8.23. The number of nitrogens with one attached hydrogen (secondary N) is 1. The number of rotatable bonds is 24. The van der Waals surface area contributed by atoms with E-state index in [-0.39, 0.29) is 0 Å². The first-order valence-electron chi connectivity index (χ1n) is 15.8. The lowest BCUT2D eigenvalue weighted by molar-refractivity contribution is -0.931. The van der Waals surface area contributed by atoms with Gasteiger partial charge in [0.1, 0.15) is 0 Å². The van der Waals surface area contributed by atoms with Crippen LogP contribution in [-0.4, -0.2) is 69.7 Å². The van der Waals surface area contributed by atoms with Gasteiger partial charge in [0.05, 0.1) is 19.1 Å². The molecule has 0 aromatic rings. The SMILES string of the molecule is CCCCCCCCCCCCCCCCCCN(C)CCC1CCCC[NH+]1CCCN(C)C. The van der Waals surface area contributed by atoms with Crippen LogP contribution in [-0.2, 0) is 0 Å². The minimum absolute atomic E-state index is 0.921. The Balaban J connectivity index is 1.88. The zero-order valence-corrected chi connectivity index (χ0v) is 24.4. The number of nitrogens with zero attached hydrogens (tertiary/aromatic N) is 2. The highest BCUT2D eigenvalue weighted by molar-refractivity contribution is 4.65. The molecule has 1 N–H and O–H groups in total. The molecule has 1 saturated heterocycles. The summed E-state index contributed by atoms with van der Waals surface area (Å²) in [6.45, 7) is 8.96. The quantitative estimate of drug-likeness (QED) is 0.150. The lowest BCUT2D eigenvalue weighted by Gasteiger charge is -2.34. The van der Waals surface area contributed by atoms with Gasteiger partial charge in [-0.1, -0.05) is 103 Å². The lowest BCUT2D eigenvalue weighted by Crippen LogP contribution is -3.16. The van der Waals surface area contributed by atoms with Crippen molar-refractivity contribution in [3.63, 3.8) is 0 Å². The number of likely N-dealkylation sites (tertiary alicyclic amines) is 1. The van der Waals surface area contributed by atoms with Crippen LogP contribution in [0.1, 0.15) is 142 Å². The number of unbranched alkanes of at least 4 members (excludes halogenated alkanes) is 15. The molecule has 0 aliphatic carbocycles. The van der Waals surface area contributed by atoms with E-state index in [4.69, 9.17) is 0 Å². The average Bonchev–Trinajstić information content (AvgIpc) is 2.83. The maximum Gasteiger partial charge on any atom is 0.0887 e. The van der Waals surface area contributed by atoms with Gasteiger partial charge in [-0.2, -0.15) is 0 Å². The standard InChI is InChI=1S/C31H65N3/c1-5-6-7-8-9-10-11-12-13-14-15-16-17-18-19-21-27-33(4)30-25-31-24-20-22-28-34(31)29-23-26-32(2)3/h31H,5-30H2,1-4H3/p+1. The normalized spacial score (nSPS) is 18.9. The Labute approximate surface area is 216 Å². The van der Waals surface area contributed by atoms with E-state index in [0.29, 0.717) is 0 Å². The molecule has 204 valence electrons. The predicted octanol–water partition coefficient (Wildman–Crippen LogP) is 6.96. The third kappa shape index (κ3) is 19.1. The van der Waals surface area contributed by atoms with Crippen molar-refractivity contribution in [2.45, 2.75) is 148 Å². The first-order valence-corrected chi connectivity index (χ1v) is 15.8. The molecule has 0 aromatic heterocycles. The molecule has 0 radical (unpaired) electrons. The second-order valence-electron chi connectivity index (χ2n) is 11.9. The molecule has 3 nitrogen and oxygen atoms in total. The summed E-state index contributed by atoms with van der Waals surface area (Å²) >= 11 is 0. The van der Waals surface area contributed by atoms with Gasteiger partial charge in [0.25, 0.3) is 0 Å². The Bertz CT molecular complexity index is 411. The van der Waals surface area contributed by atoms with Gasteiger partial charge in [0, 0.05) is 25.9 Å². The molecule has 2 atom stereocenters. The summed E-state index contributed by atoms with van der Waals surface area (Å²) in [4.78, 5) is 6.86. The van der Waals surface area contributed by atoms with Gasteiger partial charge in [0.15, 0.2) is 0 Å². The number of quaternary nitrogens is 1. The number of hydrogen-bond acceptors (Lipinski definition) is 2. The van der Waals surface area contributed by atoms with E-state index in [0.717, 1.165) is 6.04 Å². The van der Waals surface area contributed by atoms with Crippen LogP contribution in [0.15, 0.2) is 0 Å². The third-order valence-electron chi connectivity index (χ3n) is 8.23. The molecular formula is C31H66N3+. The maximum absolute atomic E-state index is 2.62. The molecule has 0 amide bonds. The van der Waals surface area contributed by atoms with Gasteiger partial charge in [0.2, 0.25) is 0 Å². The smallest absolute Gasteiger partial charge is 0.0887 e. The van der Waals surface area contributed by atoms with Gasteiger partial charge in [-0.25, -0.2) is 0 Å². The zero-order valence-electron chi connectivity index (χ0n) is 24.4. The molecular weight excluding hydrogens is 414 g/mol. The predicted molar refractivity (Wildman–Crippen MR) is 153 cm³/mol. The Morgan fingerprint density at radius 2 is 1.12 bits per heavy atom. The highest BCUT2D eigenvalue weighted by Crippen LogP contribution is 2.14. The average molecular weight is 481 g/mol. The molecule has 0 bridgehead atoms. The van der Waals surface area contributed by atoms with E-state index in [9.17, 15) is 0 Å². The Kier molecular flexibility index (Phi) is 21.9. The van der Waals surface area contributed by atoms with Crippen molar-refractivity contribution in [3.8, 4) is 0 Å². The van der Waals surface area contributed by atoms with Crippen molar-refractivity contribution in [3.05, 3.63) is 0 Å². The topological polar surface area (TPSA) is 10.9 Å². The Morgan fingerprint density at radius 3 is 1.65 bits per heavy atom. The van der Waals surface area contributed by atoms with Crippen LogP contribution >= 0.6 is 0 Å². The molecule has 1 rings (SSSR count). The molecule has 1 aliphatic heterocycles. The van der Waals surface area contributed by atoms with Crippen molar-refractivity contribution in [2.24, 2.45) is 0 Å². The molecule has 0 spiro atoms. The molecule has 1 heterocycles. The van der Waals surface area contributed by atoms with Crippen molar-refractivity contribution >= 4 is 0 Å². The van der Waals surface area contributed by atoms with Crippen molar-refractivity contribution in [2.75, 3.05) is 53.9 Å². The second-order valence-corrected chi connectivity index (χ2v) is 11.9. The van der Waals surface area contributed by atoms with Crippen molar-refractivity contribution < 1.29 is 4.90 Å². The fourth-order valence-electron chi connectivity index (χ4n) is 5.87. The Hall–Kier alpha value is -0.120. The van der Waals surface area contributed by atoms with E-state index < -0.39 is 0 Å². The first-order chi connectivity index (χ1) is 16.6. The van der Waals surface area contributed by atoms with E-state index in [2.05, 4.69) is 37.9 Å². The molecule has 0 aromatic carbocycles. The van der Waals surface area contributed by atoms with Crippen LogP contribution < -0.4 is 4.90 Å². The van der Waals surface area contributed by atoms with Crippen molar-refractivity contribution in [1.82, 2.24) is 9.80 Å². The first kappa shape index (κ1) is 31.9.